The standard InChI is InChI=1S/C12H24N2O.ClH/c1-9(2)5-11(7-13)15-12(8-14)6-10(3)4;/h7-14H,5-6H2,1-4H3;1H. The maximum absolute atomic E-state index is 7.28. The molecule has 0 saturated heterocycles. The highest BCUT2D eigenvalue weighted by Crippen LogP contribution is 2.13. The summed E-state index contributed by atoms with van der Waals surface area (Å²) in [6.45, 7) is 8.45. The van der Waals surface area contributed by atoms with Gasteiger partial charge in [0.2, 0.25) is 0 Å². The lowest BCUT2D eigenvalue weighted by molar-refractivity contribution is 0.0460. The Bertz CT molecular complexity index is 175. The van der Waals surface area contributed by atoms with E-state index >= 15 is 0 Å². The van der Waals surface area contributed by atoms with Crippen molar-refractivity contribution < 1.29 is 4.74 Å². The molecule has 0 aliphatic rings. The molecule has 4 heteroatoms. The van der Waals surface area contributed by atoms with Crippen LogP contribution in [0.1, 0.15) is 40.5 Å². The van der Waals surface area contributed by atoms with E-state index in [2.05, 4.69) is 27.7 Å². The third kappa shape index (κ3) is 8.86. The van der Waals surface area contributed by atoms with Crippen LogP contribution in [0.25, 0.3) is 0 Å². The summed E-state index contributed by atoms with van der Waals surface area (Å²) in [5, 5.41) is 14.6. The molecular weight excluding hydrogens is 224 g/mol. The quantitative estimate of drug-likeness (QED) is 0.634. The average Bonchev–Trinajstić information content (AvgIpc) is 2.14. The van der Waals surface area contributed by atoms with Crippen molar-refractivity contribution in [3.63, 3.8) is 0 Å². The van der Waals surface area contributed by atoms with Gasteiger partial charge in [-0.2, -0.15) is 0 Å². The van der Waals surface area contributed by atoms with E-state index < -0.39 is 0 Å². The highest BCUT2D eigenvalue weighted by Gasteiger charge is 2.15. The smallest absolute Gasteiger partial charge is 0.0930 e. The summed E-state index contributed by atoms with van der Waals surface area (Å²) in [6, 6.07) is 0. The van der Waals surface area contributed by atoms with Gasteiger partial charge in [0.25, 0.3) is 0 Å². The molecule has 0 fully saturated rings. The van der Waals surface area contributed by atoms with Gasteiger partial charge in [-0.05, 0) is 24.7 Å². The Morgan fingerprint density at radius 2 is 1.19 bits per heavy atom. The molecule has 0 radical (unpaired) electrons. The van der Waals surface area contributed by atoms with E-state index in [1.165, 1.54) is 12.4 Å². The maximum Gasteiger partial charge on any atom is 0.0930 e. The molecule has 3 nitrogen and oxygen atoms in total. The second-order valence-corrected chi connectivity index (χ2v) is 4.81. The lowest BCUT2D eigenvalue weighted by atomic mass is 10.0. The van der Waals surface area contributed by atoms with E-state index in [-0.39, 0.29) is 24.6 Å². The third-order valence-corrected chi connectivity index (χ3v) is 2.13. The fraction of sp³-hybridized carbons (Fsp3) is 0.833. The van der Waals surface area contributed by atoms with Crippen molar-refractivity contribution in [2.75, 3.05) is 0 Å². The van der Waals surface area contributed by atoms with Gasteiger partial charge in [0, 0.05) is 12.4 Å². The minimum Gasteiger partial charge on any atom is -0.364 e. The molecule has 0 aromatic rings. The molecular formula is C12H25ClN2O. The maximum atomic E-state index is 7.28. The van der Waals surface area contributed by atoms with E-state index in [9.17, 15) is 0 Å². The van der Waals surface area contributed by atoms with Crippen LogP contribution in [0.15, 0.2) is 0 Å². The molecule has 2 N–H and O–H groups in total. The van der Waals surface area contributed by atoms with Crippen LogP contribution in [-0.4, -0.2) is 24.6 Å². The van der Waals surface area contributed by atoms with Gasteiger partial charge in [-0.15, -0.1) is 12.4 Å². The molecule has 0 bridgehead atoms. The van der Waals surface area contributed by atoms with E-state index in [1.807, 2.05) is 0 Å². The van der Waals surface area contributed by atoms with E-state index in [0.29, 0.717) is 11.8 Å². The zero-order chi connectivity index (χ0) is 11.8. The van der Waals surface area contributed by atoms with Crippen LogP contribution in [0.3, 0.4) is 0 Å². The molecule has 2 unspecified atom stereocenters. The molecule has 0 aliphatic heterocycles. The van der Waals surface area contributed by atoms with E-state index in [4.69, 9.17) is 15.6 Å². The fourth-order valence-corrected chi connectivity index (χ4v) is 1.48. The SMILES string of the molecule is CC(C)CC(C=N)OC(C=N)CC(C)C.Cl. The normalized spacial score (nSPS) is 14.4. The van der Waals surface area contributed by atoms with Gasteiger partial charge >= 0.3 is 0 Å². The Balaban J connectivity index is 0. The van der Waals surface area contributed by atoms with Crippen molar-refractivity contribution in [3.05, 3.63) is 0 Å². The Morgan fingerprint density at radius 1 is 0.875 bits per heavy atom. The van der Waals surface area contributed by atoms with Gasteiger partial charge in [0.1, 0.15) is 0 Å². The summed E-state index contributed by atoms with van der Waals surface area (Å²) in [6.07, 6.45) is 4.11. The first-order valence-corrected chi connectivity index (χ1v) is 5.66. The lowest BCUT2D eigenvalue weighted by Gasteiger charge is -2.21. The number of rotatable bonds is 8. The van der Waals surface area contributed by atoms with Crippen LogP contribution in [0.2, 0.25) is 0 Å². The van der Waals surface area contributed by atoms with Crippen molar-refractivity contribution in [2.45, 2.75) is 52.7 Å². The Hall–Kier alpha value is -0.410. The van der Waals surface area contributed by atoms with Crippen molar-refractivity contribution in [2.24, 2.45) is 11.8 Å². The highest BCUT2D eigenvalue weighted by atomic mass is 35.5. The second-order valence-electron chi connectivity index (χ2n) is 4.81. The fourth-order valence-electron chi connectivity index (χ4n) is 1.48. The zero-order valence-electron chi connectivity index (χ0n) is 10.7. The molecule has 0 aliphatic carbocycles. The van der Waals surface area contributed by atoms with Gasteiger partial charge in [-0.1, -0.05) is 27.7 Å². The van der Waals surface area contributed by atoms with Crippen LogP contribution in [0.5, 0.6) is 0 Å². The molecule has 16 heavy (non-hydrogen) atoms. The first-order valence-electron chi connectivity index (χ1n) is 5.66. The van der Waals surface area contributed by atoms with Crippen molar-refractivity contribution in [3.8, 4) is 0 Å². The summed E-state index contributed by atoms with van der Waals surface area (Å²) >= 11 is 0. The van der Waals surface area contributed by atoms with Crippen molar-refractivity contribution in [1.82, 2.24) is 0 Å². The summed E-state index contributed by atoms with van der Waals surface area (Å²) in [7, 11) is 0. The van der Waals surface area contributed by atoms with Gasteiger partial charge in [0.15, 0.2) is 0 Å². The molecule has 2 atom stereocenters. The third-order valence-electron chi connectivity index (χ3n) is 2.13. The van der Waals surface area contributed by atoms with Crippen molar-refractivity contribution in [1.29, 1.82) is 10.8 Å². The summed E-state index contributed by atoms with van der Waals surface area (Å²) in [5.41, 5.74) is 0. The highest BCUT2D eigenvalue weighted by molar-refractivity contribution is 5.85. The number of halogens is 1. The molecule has 0 rings (SSSR count). The molecule has 0 heterocycles. The molecule has 0 aromatic heterocycles. The van der Waals surface area contributed by atoms with Crippen LogP contribution in [0, 0.1) is 22.7 Å². The van der Waals surface area contributed by atoms with Gasteiger partial charge in [0.05, 0.1) is 12.2 Å². The number of hydrogen-bond acceptors (Lipinski definition) is 3. The van der Waals surface area contributed by atoms with Gasteiger partial charge in [-0.3, -0.25) is 0 Å². The summed E-state index contributed by atoms with van der Waals surface area (Å²) < 4.78 is 5.68. The molecule has 0 spiro atoms. The largest absolute Gasteiger partial charge is 0.364 e. The van der Waals surface area contributed by atoms with Gasteiger partial charge in [-0.25, -0.2) is 0 Å². The minimum atomic E-state index is -0.143. The number of ether oxygens (including phenoxy) is 1. The van der Waals surface area contributed by atoms with Crippen LogP contribution in [0.4, 0.5) is 0 Å². The predicted octanol–water partition coefficient (Wildman–Crippen LogP) is 3.55. The topological polar surface area (TPSA) is 56.9 Å². The molecule has 0 amide bonds. The van der Waals surface area contributed by atoms with Crippen LogP contribution in [-0.2, 0) is 4.74 Å². The molecule has 0 saturated carbocycles. The first-order chi connectivity index (χ1) is 6.99. The summed E-state index contributed by atoms with van der Waals surface area (Å²) in [4.78, 5) is 0. The second kappa shape index (κ2) is 9.79. The van der Waals surface area contributed by atoms with Crippen LogP contribution >= 0.6 is 12.4 Å². The van der Waals surface area contributed by atoms with Gasteiger partial charge < -0.3 is 15.6 Å². The number of nitrogens with one attached hydrogen (secondary N) is 2. The zero-order valence-corrected chi connectivity index (χ0v) is 11.5. The monoisotopic (exact) mass is 248 g/mol. The predicted molar refractivity (Wildman–Crippen MR) is 72.4 cm³/mol. The number of hydrogen-bond donors (Lipinski definition) is 2. The van der Waals surface area contributed by atoms with Crippen molar-refractivity contribution >= 4 is 24.8 Å². The Kier molecular flexibility index (Phi) is 11.0. The summed E-state index contributed by atoms with van der Waals surface area (Å²) in [5.74, 6) is 1.03. The van der Waals surface area contributed by atoms with Crippen LogP contribution < -0.4 is 0 Å². The first kappa shape index (κ1) is 18.0. The Morgan fingerprint density at radius 3 is 1.38 bits per heavy atom. The Labute approximate surface area is 105 Å². The molecule has 0 aromatic carbocycles. The average molecular weight is 249 g/mol. The van der Waals surface area contributed by atoms with E-state index in [0.717, 1.165) is 12.8 Å². The molecule has 96 valence electrons. The lowest BCUT2D eigenvalue weighted by Crippen LogP contribution is -2.26. The van der Waals surface area contributed by atoms with E-state index in [1.54, 1.807) is 0 Å². The minimum absolute atomic E-state index is 0.